The molecule has 3 rings (SSSR count). The molecule has 9 heteroatoms. The van der Waals surface area contributed by atoms with E-state index in [9.17, 15) is 14.7 Å². The predicted molar refractivity (Wildman–Crippen MR) is 155 cm³/mol. The first kappa shape index (κ1) is 30.5. The van der Waals surface area contributed by atoms with Gasteiger partial charge in [0.2, 0.25) is 11.8 Å². The van der Waals surface area contributed by atoms with E-state index in [1.165, 1.54) is 11.3 Å². The van der Waals surface area contributed by atoms with Crippen molar-refractivity contribution in [2.24, 2.45) is 17.1 Å². The highest BCUT2D eigenvalue weighted by Gasteiger charge is 2.48. The number of hydrogen-bond donors (Lipinski definition) is 3. The standard InChI is InChI=1S/C30H42N4O4S/c1-5-11-34(12-6-2)28(36)23-14-21(3)17-30(18-23,29(31)37)25(16-27-33-10-13-39-27)26(35)20-32-19-22-8-7-9-24(15-22)38-4/h7-10,13-15,17,25-26,32,35H,5-6,11-12,16,18-20H2,1-4H3,(H2,31,37)/t25-,26+,30?/m1/s1. The Morgan fingerprint density at radius 1 is 1.28 bits per heavy atom. The highest BCUT2D eigenvalue weighted by atomic mass is 32.1. The number of methoxy groups -OCH3 is 1. The topological polar surface area (TPSA) is 118 Å². The van der Waals surface area contributed by atoms with Gasteiger partial charge in [-0.3, -0.25) is 9.59 Å². The number of aromatic nitrogens is 1. The van der Waals surface area contributed by atoms with Gasteiger partial charge in [0.05, 0.1) is 23.6 Å². The molecule has 4 N–H and O–H groups in total. The molecule has 2 aromatic rings. The Hall–Kier alpha value is -3.01. The number of ether oxygens (including phenoxy) is 1. The van der Waals surface area contributed by atoms with Gasteiger partial charge in [-0.1, -0.05) is 43.7 Å². The third-order valence-electron chi connectivity index (χ3n) is 7.20. The first-order valence-electron chi connectivity index (χ1n) is 13.6. The second-order valence-electron chi connectivity index (χ2n) is 10.2. The normalized spacial score (nSPS) is 18.6. The SMILES string of the molecule is CCCN(CCC)C(=O)C1=CC(C)=CC(C(N)=O)([C@H](Cc2nccs2)[C@@H](O)CNCc2cccc(OC)c2)C1. The highest BCUT2D eigenvalue weighted by molar-refractivity contribution is 7.09. The number of nitrogens with one attached hydrogen (secondary N) is 1. The lowest BCUT2D eigenvalue weighted by atomic mass is 9.64. The van der Waals surface area contributed by atoms with Crippen molar-refractivity contribution in [3.63, 3.8) is 0 Å². The van der Waals surface area contributed by atoms with Crippen LogP contribution < -0.4 is 15.8 Å². The van der Waals surface area contributed by atoms with Gasteiger partial charge in [-0.25, -0.2) is 4.98 Å². The molecule has 1 unspecified atom stereocenters. The molecule has 0 saturated carbocycles. The number of nitrogens with two attached hydrogens (primary N) is 1. The number of nitrogens with zero attached hydrogens (tertiary/aromatic N) is 2. The summed E-state index contributed by atoms with van der Waals surface area (Å²) in [6.45, 7) is 8.02. The Kier molecular flexibility index (Phi) is 11.3. The molecule has 1 heterocycles. The molecule has 1 aromatic carbocycles. The van der Waals surface area contributed by atoms with Gasteiger partial charge in [0, 0.05) is 55.7 Å². The molecular weight excluding hydrogens is 512 g/mol. The second kappa shape index (κ2) is 14.4. The molecule has 1 aliphatic rings. The molecule has 0 fully saturated rings. The zero-order valence-electron chi connectivity index (χ0n) is 23.5. The van der Waals surface area contributed by atoms with Crippen molar-refractivity contribution in [2.75, 3.05) is 26.7 Å². The van der Waals surface area contributed by atoms with E-state index in [0.29, 0.717) is 31.6 Å². The van der Waals surface area contributed by atoms with E-state index in [-0.39, 0.29) is 18.9 Å². The van der Waals surface area contributed by atoms with Gasteiger partial charge in [-0.2, -0.15) is 0 Å². The van der Waals surface area contributed by atoms with Gasteiger partial charge < -0.3 is 25.8 Å². The fourth-order valence-corrected chi connectivity index (χ4v) is 6.08. The minimum atomic E-state index is -1.24. The van der Waals surface area contributed by atoms with Crippen LogP contribution in [0.5, 0.6) is 5.75 Å². The lowest BCUT2D eigenvalue weighted by Gasteiger charge is -2.41. The molecule has 3 atom stereocenters. The number of primary amides is 1. The van der Waals surface area contributed by atoms with Crippen molar-refractivity contribution in [2.45, 2.75) is 59.1 Å². The third kappa shape index (κ3) is 7.77. The monoisotopic (exact) mass is 554 g/mol. The lowest BCUT2D eigenvalue weighted by Crippen LogP contribution is -2.51. The molecule has 2 amide bonds. The van der Waals surface area contributed by atoms with E-state index < -0.39 is 23.3 Å². The summed E-state index contributed by atoms with van der Waals surface area (Å²) in [5.74, 6) is -0.450. The Labute approximate surface area is 236 Å². The van der Waals surface area contributed by atoms with Crippen molar-refractivity contribution in [3.05, 3.63) is 69.7 Å². The quantitative estimate of drug-likeness (QED) is 0.308. The molecule has 0 bridgehead atoms. The van der Waals surface area contributed by atoms with Crippen molar-refractivity contribution in [1.29, 1.82) is 0 Å². The molecule has 0 aliphatic heterocycles. The van der Waals surface area contributed by atoms with Crippen LogP contribution in [0.3, 0.4) is 0 Å². The second-order valence-corrected chi connectivity index (χ2v) is 11.2. The average Bonchev–Trinajstić information content (AvgIpc) is 3.44. The fraction of sp³-hybridized carbons (Fsp3) is 0.500. The maximum Gasteiger partial charge on any atom is 0.249 e. The third-order valence-corrected chi connectivity index (χ3v) is 8.00. The van der Waals surface area contributed by atoms with E-state index >= 15 is 0 Å². The summed E-state index contributed by atoms with van der Waals surface area (Å²) in [5, 5.41) is 17.6. The summed E-state index contributed by atoms with van der Waals surface area (Å²) in [6.07, 6.45) is 6.69. The number of hydrogen-bond acceptors (Lipinski definition) is 7. The zero-order valence-corrected chi connectivity index (χ0v) is 24.3. The fourth-order valence-electron chi connectivity index (χ4n) is 5.41. The van der Waals surface area contributed by atoms with Gasteiger partial charge in [-0.15, -0.1) is 11.3 Å². The van der Waals surface area contributed by atoms with Crippen LogP contribution in [0.25, 0.3) is 0 Å². The molecule has 1 aromatic heterocycles. The number of carbonyl (C=O) groups is 2. The van der Waals surface area contributed by atoms with Crippen molar-refractivity contribution < 1.29 is 19.4 Å². The van der Waals surface area contributed by atoms with Crippen LogP contribution in [0.1, 0.15) is 50.6 Å². The molecule has 0 radical (unpaired) electrons. The number of rotatable bonds is 15. The van der Waals surface area contributed by atoms with Gasteiger partial charge in [-0.05, 0) is 43.9 Å². The van der Waals surface area contributed by atoms with E-state index in [0.717, 1.165) is 34.7 Å². The minimum absolute atomic E-state index is 0.0737. The molecule has 8 nitrogen and oxygen atoms in total. The van der Waals surface area contributed by atoms with Crippen molar-refractivity contribution in [3.8, 4) is 5.75 Å². The number of aliphatic hydroxyl groups is 1. The van der Waals surface area contributed by atoms with Gasteiger partial charge in [0.25, 0.3) is 0 Å². The van der Waals surface area contributed by atoms with Crippen LogP contribution >= 0.6 is 11.3 Å². The summed E-state index contributed by atoms with van der Waals surface area (Å²) in [5.41, 5.74) is 7.26. The van der Waals surface area contributed by atoms with E-state index in [2.05, 4.69) is 10.3 Å². The Bertz CT molecular complexity index is 1160. The van der Waals surface area contributed by atoms with Crippen LogP contribution in [0, 0.1) is 11.3 Å². The smallest absolute Gasteiger partial charge is 0.249 e. The first-order valence-corrected chi connectivity index (χ1v) is 14.5. The molecule has 212 valence electrons. The highest BCUT2D eigenvalue weighted by Crippen LogP contribution is 2.44. The van der Waals surface area contributed by atoms with E-state index in [4.69, 9.17) is 10.5 Å². The average molecular weight is 555 g/mol. The van der Waals surface area contributed by atoms with Crippen LogP contribution in [0.15, 0.2) is 59.1 Å². The van der Waals surface area contributed by atoms with Gasteiger partial charge in [0.1, 0.15) is 5.75 Å². The summed E-state index contributed by atoms with van der Waals surface area (Å²) < 4.78 is 5.31. The number of benzene rings is 1. The van der Waals surface area contributed by atoms with Crippen LogP contribution in [-0.4, -0.2) is 59.7 Å². The summed E-state index contributed by atoms with van der Waals surface area (Å²) in [7, 11) is 1.62. The Balaban J connectivity index is 1.89. The van der Waals surface area contributed by atoms with Crippen LogP contribution in [0.4, 0.5) is 0 Å². The Morgan fingerprint density at radius 3 is 2.64 bits per heavy atom. The summed E-state index contributed by atoms with van der Waals surface area (Å²) >= 11 is 1.47. The van der Waals surface area contributed by atoms with Gasteiger partial charge >= 0.3 is 0 Å². The lowest BCUT2D eigenvalue weighted by molar-refractivity contribution is -0.132. The number of thiazole rings is 1. The van der Waals surface area contributed by atoms with Crippen LogP contribution in [0.2, 0.25) is 0 Å². The number of amides is 2. The minimum Gasteiger partial charge on any atom is -0.497 e. The number of carbonyl (C=O) groups excluding carboxylic acids is 2. The van der Waals surface area contributed by atoms with Crippen LogP contribution in [-0.2, 0) is 22.6 Å². The summed E-state index contributed by atoms with van der Waals surface area (Å²) in [4.78, 5) is 33.2. The largest absolute Gasteiger partial charge is 0.497 e. The zero-order chi connectivity index (χ0) is 28.4. The van der Waals surface area contributed by atoms with Crippen molar-refractivity contribution in [1.82, 2.24) is 15.2 Å². The molecule has 0 saturated heterocycles. The number of allylic oxidation sites excluding steroid dienone is 2. The maximum atomic E-state index is 13.6. The van der Waals surface area contributed by atoms with Crippen molar-refractivity contribution >= 4 is 23.2 Å². The predicted octanol–water partition coefficient (Wildman–Crippen LogP) is 3.86. The molecular formula is C30H42N4O4S. The Morgan fingerprint density at radius 2 is 2.03 bits per heavy atom. The molecule has 39 heavy (non-hydrogen) atoms. The number of aliphatic hydroxyl groups excluding tert-OH is 1. The van der Waals surface area contributed by atoms with E-state index in [1.807, 2.05) is 67.5 Å². The first-order chi connectivity index (χ1) is 18.7. The van der Waals surface area contributed by atoms with E-state index in [1.54, 1.807) is 13.3 Å². The summed E-state index contributed by atoms with van der Waals surface area (Å²) in [6, 6.07) is 7.71. The molecule has 0 spiro atoms. The molecule has 1 aliphatic carbocycles. The van der Waals surface area contributed by atoms with Gasteiger partial charge in [0.15, 0.2) is 0 Å². The maximum absolute atomic E-state index is 13.6.